The highest BCUT2D eigenvalue weighted by Gasteiger charge is 2.25. The van der Waals surface area contributed by atoms with Crippen LogP contribution in [0.1, 0.15) is 38.4 Å². The van der Waals surface area contributed by atoms with E-state index >= 15 is 0 Å². The number of methoxy groups -OCH3 is 1. The van der Waals surface area contributed by atoms with Gasteiger partial charge in [0.15, 0.2) is 5.82 Å². The van der Waals surface area contributed by atoms with Crippen molar-refractivity contribution in [2.75, 3.05) is 13.7 Å². The Kier molecular flexibility index (Phi) is 5.11. The molecule has 17 heavy (non-hydrogen) atoms. The molecule has 0 fully saturated rings. The fourth-order valence-corrected chi connectivity index (χ4v) is 1.53. The molecule has 0 radical (unpaired) electrons. The summed E-state index contributed by atoms with van der Waals surface area (Å²) in [5.74, 6) is 1.27. The molecule has 0 aliphatic rings. The molecule has 0 spiro atoms. The van der Waals surface area contributed by atoms with Crippen LogP contribution in [0.3, 0.4) is 0 Å². The zero-order valence-corrected chi connectivity index (χ0v) is 10.7. The van der Waals surface area contributed by atoms with E-state index in [0.717, 1.165) is 6.42 Å². The molecule has 94 valence electrons. The van der Waals surface area contributed by atoms with E-state index in [4.69, 9.17) is 14.5 Å². The van der Waals surface area contributed by atoms with Gasteiger partial charge in [0.1, 0.15) is 0 Å². The highest BCUT2D eigenvalue weighted by molar-refractivity contribution is 4.94. The predicted molar refractivity (Wildman–Crippen MR) is 62.2 cm³/mol. The molecule has 1 rings (SSSR count). The van der Waals surface area contributed by atoms with Crippen LogP contribution in [-0.2, 0) is 17.6 Å². The van der Waals surface area contributed by atoms with Gasteiger partial charge in [-0.3, -0.25) is 0 Å². The lowest BCUT2D eigenvalue weighted by molar-refractivity contribution is 0.199. The molecular weight excluding hydrogens is 218 g/mol. The second kappa shape index (κ2) is 6.36. The largest absolute Gasteiger partial charge is 0.384 e. The molecule has 0 aliphatic carbocycles. The van der Waals surface area contributed by atoms with Crippen LogP contribution in [0, 0.1) is 16.7 Å². The summed E-state index contributed by atoms with van der Waals surface area (Å²) >= 11 is 0. The van der Waals surface area contributed by atoms with Crippen molar-refractivity contribution in [3.63, 3.8) is 0 Å². The zero-order chi connectivity index (χ0) is 12.7. The van der Waals surface area contributed by atoms with Gasteiger partial charge in [0.2, 0.25) is 5.89 Å². The molecule has 0 saturated carbocycles. The molecule has 5 nitrogen and oxygen atoms in total. The van der Waals surface area contributed by atoms with Gasteiger partial charge in [-0.1, -0.05) is 19.0 Å². The average Bonchev–Trinajstić information content (AvgIpc) is 2.74. The first-order valence-corrected chi connectivity index (χ1v) is 5.81. The lowest BCUT2D eigenvalue weighted by Gasteiger charge is -2.22. The van der Waals surface area contributed by atoms with E-state index in [1.807, 2.05) is 0 Å². The fraction of sp³-hybridized carbons (Fsp3) is 0.750. The van der Waals surface area contributed by atoms with E-state index in [-0.39, 0.29) is 5.41 Å². The summed E-state index contributed by atoms with van der Waals surface area (Å²) in [4.78, 5) is 4.30. The van der Waals surface area contributed by atoms with Gasteiger partial charge in [0.05, 0.1) is 12.7 Å². The van der Waals surface area contributed by atoms with Crippen molar-refractivity contribution in [2.45, 2.75) is 39.5 Å². The summed E-state index contributed by atoms with van der Waals surface area (Å²) in [5, 5.41) is 12.7. The van der Waals surface area contributed by atoms with Gasteiger partial charge in [-0.05, 0) is 11.8 Å². The normalized spacial score (nSPS) is 14.2. The average molecular weight is 237 g/mol. The SMILES string of the molecule is CCC(C)(CC#N)Cc1nc(CCOC)no1. The summed E-state index contributed by atoms with van der Waals surface area (Å²) < 4.78 is 10.1. The molecule has 0 N–H and O–H groups in total. The number of aromatic nitrogens is 2. The smallest absolute Gasteiger partial charge is 0.227 e. The van der Waals surface area contributed by atoms with Crippen molar-refractivity contribution in [3.05, 3.63) is 11.7 Å². The maximum Gasteiger partial charge on any atom is 0.227 e. The van der Waals surface area contributed by atoms with E-state index < -0.39 is 0 Å². The molecule has 0 aliphatic heterocycles. The minimum absolute atomic E-state index is 0.0835. The molecule has 5 heteroatoms. The maximum absolute atomic E-state index is 8.80. The van der Waals surface area contributed by atoms with Crippen LogP contribution in [0.5, 0.6) is 0 Å². The van der Waals surface area contributed by atoms with Crippen LogP contribution in [0.25, 0.3) is 0 Å². The first-order valence-electron chi connectivity index (χ1n) is 5.81. The number of rotatable bonds is 7. The lowest BCUT2D eigenvalue weighted by atomic mass is 9.81. The van der Waals surface area contributed by atoms with Crippen molar-refractivity contribution in [2.24, 2.45) is 5.41 Å². The second-order valence-electron chi connectivity index (χ2n) is 4.52. The molecule has 1 aromatic heterocycles. The molecule has 0 amide bonds. The maximum atomic E-state index is 8.80. The van der Waals surface area contributed by atoms with E-state index in [9.17, 15) is 0 Å². The summed E-state index contributed by atoms with van der Waals surface area (Å²) in [6.45, 7) is 4.72. The van der Waals surface area contributed by atoms with Gasteiger partial charge in [-0.25, -0.2) is 0 Å². The first-order chi connectivity index (χ1) is 8.13. The lowest BCUT2D eigenvalue weighted by Crippen LogP contribution is -2.18. The third-order valence-corrected chi connectivity index (χ3v) is 2.98. The Morgan fingerprint density at radius 2 is 2.29 bits per heavy atom. The Morgan fingerprint density at radius 3 is 2.88 bits per heavy atom. The van der Waals surface area contributed by atoms with Crippen LogP contribution in [0.15, 0.2) is 4.52 Å². The highest BCUT2D eigenvalue weighted by Crippen LogP contribution is 2.29. The van der Waals surface area contributed by atoms with E-state index in [1.165, 1.54) is 0 Å². The van der Waals surface area contributed by atoms with Crippen LogP contribution in [0.2, 0.25) is 0 Å². The number of ether oxygens (including phenoxy) is 1. The van der Waals surface area contributed by atoms with Crippen LogP contribution >= 0.6 is 0 Å². The molecule has 0 aromatic carbocycles. The van der Waals surface area contributed by atoms with Gasteiger partial charge in [0, 0.05) is 26.4 Å². The molecule has 0 bridgehead atoms. The topological polar surface area (TPSA) is 71.9 Å². The Morgan fingerprint density at radius 1 is 1.53 bits per heavy atom. The third kappa shape index (κ3) is 4.16. The standard InChI is InChI=1S/C12H19N3O2/c1-4-12(2,6-7-13)9-11-14-10(15-17-11)5-8-16-3/h4-6,8-9H2,1-3H3. The monoisotopic (exact) mass is 237 g/mol. The molecule has 0 saturated heterocycles. The highest BCUT2D eigenvalue weighted by atomic mass is 16.5. The van der Waals surface area contributed by atoms with Crippen LogP contribution < -0.4 is 0 Å². The Hall–Kier alpha value is -1.41. The molecule has 1 aromatic rings. The summed E-state index contributed by atoms with van der Waals surface area (Å²) in [5.41, 5.74) is -0.0835. The van der Waals surface area contributed by atoms with Crippen molar-refractivity contribution in [3.8, 4) is 6.07 Å². The quantitative estimate of drug-likeness (QED) is 0.726. The predicted octanol–water partition coefficient (Wildman–Crippen LogP) is 2.13. The Bertz CT molecular complexity index is 383. The minimum Gasteiger partial charge on any atom is -0.384 e. The number of nitrogens with zero attached hydrogens (tertiary/aromatic N) is 3. The summed E-state index contributed by atoms with van der Waals surface area (Å²) in [6, 6.07) is 2.21. The Balaban J connectivity index is 2.61. The van der Waals surface area contributed by atoms with Gasteiger partial charge in [-0.2, -0.15) is 10.2 Å². The number of nitriles is 1. The number of hydrogen-bond donors (Lipinski definition) is 0. The molecule has 1 atom stereocenters. The van der Waals surface area contributed by atoms with Crippen LogP contribution in [0.4, 0.5) is 0 Å². The van der Waals surface area contributed by atoms with Gasteiger partial charge < -0.3 is 9.26 Å². The van der Waals surface area contributed by atoms with Crippen molar-refractivity contribution >= 4 is 0 Å². The summed E-state index contributed by atoms with van der Waals surface area (Å²) in [7, 11) is 1.64. The van der Waals surface area contributed by atoms with Crippen LogP contribution in [-0.4, -0.2) is 23.9 Å². The third-order valence-electron chi connectivity index (χ3n) is 2.98. The first kappa shape index (κ1) is 13.7. The fourth-order valence-electron chi connectivity index (χ4n) is 1.53. The number of hydrogen-bond acceptors (Lipinski definition) is 5. The second-order valence-corrected chi connectivity index (χ2v) is 4.52. The van der Waals surface area contributed by atoms with Crippen molar-refractivity contribution < 1.29 is 9.26 Å². The van der Waals surface area contributed by atoms with E-state index in [1.54, 1.807) is 7.11 Å². The van der Waals surface area contributed by atoms with Gasteiger partial charge >= 0.3 is 0 Å². The van der Waals surface area contributed by atoms with Gasteiger partial charge in [-0.15, -0.1) is 0 Å². The van der Waals surface area contributed by atoms with E-state index in [0.29, 0.717) is 37.6 Å². The molecular formula is C12H19N3O2. The van der Waals surface area contributed by atoms with Crippen molar-refractivity contribution in [1.82, 2.24) is 10.1 Å². The Labute approximate surface area is 102 Å². The van der Waals surface area contributed by atoms with E-state index in [2.05, 4.69) is 30.1 Å². The minimum atomic E-state index is -0.0835. The molecule has 1 heterocycles. The molecule has 1 unspecified atom stereocenters. The zero-order valence-electron chi connectivity index (χ0n) is 10.7. The van der Waals surface area contributed by atoms with Gasteiger partial charge in [0.25, 0.3) is 0 Å². The van der Waals surface area contributed by atoms with Crippen molar-refractivity contribution in [1.29, 1.82) is 5.26 Å². The summed E-state index contributed by atoms with van der Waals surface area (Å²) in [6.07, 6.45) is 2.72.